The van der Waals surface area contributed by atoms with E-state index >= 15 is 0 Å². The van der Waals surface area contributed by atoms with Crippen LogP contribution in [0.2, 0.25) is 0 Å². The van der Waals surface area contributed by atoms with Crippen molar-refractivity contribution in [1.82, 2.24) is 0 Å². The molecule has 0 spiro atoms. The quantitative estimate of drug-likeness (QED) is 0.763. The summed E-state index contributed by atoms with van der Waals surface area (Å²) in [5, 5.41) is 9.22. The molecular formula is C8H14Cl2N2O2. The molecule has 1 unspecified atom stereocenters. The van der Waals surface area contributed by atoms with E-state index in [0.29, 0.717) is 18.7 Å². The van der Waals surface area contributed by atoms with Crippen molar-refractivity contribution in [3.05, 3.63) is 11.5 Å². The molecule has 82 valence electrons. The Bertz CT molecular complexity index is 264. The second-order valence-electron chi connectivity index (χ2n) is 2.76. The molecule has 0 bridgehead atoms. The highest BCUT2D eigenvalue weighted by Gasteiger charge is 2.24. The average Bonchev–Trinajstić information content (AvgIpc) is 2.07. The fourth-order valence-corrected chi connectivity index (χ4v) is 1.07. The fraction of sp³-hybridized carbons (Fsp3) is 0.500. The number of hydrogen-bond donors (Lipinski definition) is 2. The summed E-state index contributed by atoms with van der Waals surface area (Å²) in [6, 6.07) is 0. The molecule has 0 saturated heterocycles. The van der Waals surface area contributed by atoms with Crippen LogP contribution in [-0.2, 0) is 4.79 Å². The zero-order valence-corrected chi connectivity index (χ0v) is 9.40. The number of hydrogen-bond acceptors (Lipinski definition) is 4. The first kappa shape index (κ1) is 15.9. The van der Waals surface area contributed by atoms with E-state index in [1.807, 2.05) is 0 Å². The third kappa shape index (κ3) is 3.29. The lowest BCUT2D eigenvalue weighted by molar-refractivity contribution is -0.120. The maximum Gasteiger partial charge on any atom is 0.207 e. The van der Waals surface area contributed by atoms with Crippen LogP contribution in [-0.4, -0.2) is 23.6 Å². The second-order valence-corrected chi connectivity index (χ2v) is 2.76. The summed E-state index contributed by atoms with van der Waals surface area (Å²) < 4.78 is 0. The van der Waals surface area contributed by atoms with Crippen LogP contribution in [0.15, 0.2) is 16.4 Å². The van der Waals surface area contributed by atoms with E-state index in [9.17, 15) is 9.90 Å². The van der Waals surface area contributed by atoms with Crippen molar-refractivity contribution >= 4 is 36.8 Å². The second kappa shape index (κ2) is 6.81. The van der Waals surface area contributed by atoms with Crippen LogP contribution >= 0.6 is 24.8 Å². The highest BCUT2D eigenvalue weighted by molar-refractivity contribution is 6.06. The lowest BCUT2D eigenvalue weighted by Gasteiger charge is -2.13. The largest absolute Gasteiger partial charge is 0.503 e. The summed E-state index contributed by atoms with van der Waals surface area (Å²) in [5.74, 6) is -0.831. The molecule has 6 heteroatoms. The molecule has 1 heterocycles. The first-order valence-corrected chi connectivity index (χ1v) is 3.85. The standard InChI is InChI=1S/C8H12N2O2.2ClH/c1-5-7(11)8(12)6(2-3-9)4-10-5;;/h4,6,11H,2-3,9H2,1H3;2*1H. The number of aliphatic hydroxyl groups is 1. The van der Waals surface area contributed by atoms with Gasteiger partial charge in [0.25, 0.3) is 0 Å². The normalized spacial score (nSPS) is 20.1. The highest BCUT2D eigenvalue weighted by atomic mass is 35.5. The predicted molar refractivity (Wildman–Crippen MR) is 60.5 cm³/mol. The first-order valence-electron chi connectivity index (χ1n) is 3.85. The van der Waals surface area contributed by atoms with Gasteiger partial charge in [-0.25, -0.2) is 0 Å². The monoisotopic (exact) mass is 240 g/mol. The van der Waals surface area contributed by atoms with Crippen LogP contribution in [0, 0.1) is 5.92 Å². The number of allylic oxidation sites excluding steroid dienone is 2. The van der Waals surface area contributed by atoms with Crippen molar-refractivity contribution in [2.45, 2.75) is 13.3 Å². The average molecular weight is 241 g/mol. The van der Waals surface area contributed by atoms with E-state index in [-0.39, 0.29) is 42.3 Å². The molecule has 0 radical (unpaired) electrons. The predicted octanol–water partition coefficient (Wildman–Crippen LogP) is 1.24. The third-order valence-corrected chi connectivity index (χ3v) is 1.84. The number of Topliss-reactive ketones (excluding diaryl/α,β-unsaturated/α-hetero) is 1. The van der Waals surface area contributed by atoms with Gasteiger partial charge in [-0.3, -0.25) is 9.79 Å². The van der Waals surface area contributed by atoms with Gasteiger partial charge in [0.15, 0.2) is 5.76 Å². The number of nitrogens with two attached hydrogens (primary N) is 1. The Morgan fingerprint density at radius 2 is 2.14 bits per heavy atom. The Morgan fingerprint density at radius 1 is 1.57 bits per heavy atom. The number of aliphatic hydroxyl groups excluding tert-OH is 1. The molecule has 14 heavy (non-hydrogen) atoms. The van der Waals surface area contributed by atoms with Gasteiger partial charge < -0.3 is 10.8 Å². The number of carbonyl (C=O) groups is 1. The van der Waals surface area contributed by atoms with Gasteiger partial charge in [-0.1, -0.05) is 0 Å². The summed E-state index contributed by atoms with van der Waals surface area (Å²) >= 11 is 0. The Kier molecular flexibility index (Phi) is 7.72. The maximum atomic E-state index is 11.3. The van der Waals surface area contributed by atoms with E-state index in [2.05, 4.69) is 4.99 Å². The molecule has 0 amide bonds. The number of nitrogens with zero attached hydrogens (tertiary/aromatic N) is 1. The van der Waals surface area contributed by atoms with Crippen LogP contribution in [0.3, 0.4) is 0 Å². The van der Waals surface area contributed by atoms with E-state index < -0.39 is 0 Å². The SMILES string of the molecule is CC1=C(O)C(=O)C(CCN)C=N1.Cl.Cl. The van der Waals surface area contributed by atoms with E-state index in [0.717, 1.165) is 0 Å². The van der Waals surface area contributed by atoms with Crippen molar-refractivity contribution in [3.8, 4) is 0 Å². The lowest BCUT2D eigenvalue weighted by Crippen LogP contribution is -2.24. The summed E-state index contributed by atoms with van der Waals surface area (Å²) in [6.07, 6.45) is 2.09. The summed E-state index contributed by atoms with van der Waals surface area (Å²) in [5.41, 5.74) is 5.67. The Morgan fingerprint density at radius 3 is 2.64 bits per heavy atom. The van der Waals surface area contributed by atoms with Crippen LogP contribution in [0.5, 0.6) is 0 Å². The van der Waals surface area contributed by atoms with Crippen molar-refractivity contribution < 1.29 is 9.90 Å². The molecule has 0 aromatic rings. The van der Waals surface area contributed by atoms with Crippen molar-refractivity contribution in [1.29, 1.82) is 0 Å². The van der Waals surface area contributed by atoms with Gasteiger partial charge in [-0.05, 0) is 19.9 Å². The molecule has 1 atom stereocenters. The fourth-order valence-electron chi connectivity index (χ4n) is 1.07. The molecule has 1 aliphatic heterocycles. The lowest BCUT2D eigenvalue weighted by atomic mass is 9.97. The Balaban J connectivity index is 0. The van der Waals surface area contributed by atoms with Gasteiger partial charge in [0.1, 0.15) is 0 Å². The minimum atomic E-state index is -0.335. The zero-order chi connectivity index (χ0) is 9.14. The van der Waals surface area contributed by atoms with Gasteiger partial charge >= 0.3 is 0 Å². The van der Waals surface area contributed by atoms with Crippen LogP contribution in [0.4, 0.5) is 0 Å². The number of aliphatic imine (C=N–C) groups is 1. The van der Waals surface area contributed by atoms with Crippen LogP contribution in [0.1, 0.15) is 13.3 Å². The molecule has 3 N–H and O–H groups in total. The van der Waals surface area contributed by atoms with Crippen LogP contribution in [0.25, 0.3) is 0 Å². The number of halogens is 2. The highest BCUT2D eigenvalue weighted by Crippen LogP contribution is 2.16. The minimum absolute atomic E-state index is 0. The smallest absolute Gasteiger partial charge is 0.207 e. The summed E-state index contributed by atoms with van der Waals surface area (Å²) in [7, 11) is 0. The number of carbonyl (C=O) groups excluding carboxylic acids is 1. The Hall–Kier alpha value is -0.580. The molecule has 0 fully saturated rings. The van der Waals surface area contributed by atoms with Gasteiger partial charge in [-0.2, -0.15) is 0 Å². The summed E-state index contributed by atoms with van der Waals surface area (Å²) in [6.45, 7) is 2.02. The van der Waals surface area contributed by atoms with Gasteiger partial charge in [0.2, 0.25) is 5.78 Å². The van der Waals surface area contributed by atoms with Crippen LogP contribution < -0.4 is 5.73 Å². The molecular weight excluding hydrogens is 227 g/mol. The molecule has 0 aliphatic carbocycles. The van der Waals surface area contributed by atoms with Crippen molar-refractivity contribution in [2.75, 3.05) is 6.54 Å². The van der Waals surface area contributed by atoms with E-state index in [4.69, 9.17) is 5.73 Å². The van der Waals surface area contributed by atoms with Gasteiger partial charge in [0.05, 0.1) is 11.6 Å². The molecule has 0 aromatic heterocycles. The molecule has 4 nitrogen and oxygen atoms in total. The topological polar surface area (TPSA) is 75.7 Å². The zero-order valence-electron chi connectivity index (χ0n) is 7.77. The van der Waals surface area contributed by atoms with E-state index in [1.165, 1.54) is 0 Å². The third-order valence-electron chi connectivity index (χ3n) is 1.84. The summed E-state index contributed by atoms with van der Waals surface area (Å²) in [4.78, 5) is 15.2. The number of ketones is 1. The van der Waals surface area contributed by atoms with Gasteiger partial charge in [0, 0.05) is 6.21 Å². The van der Waals surface area contributed by atoms with Crippen molar-refractivity contribution in [3.63, 3.8) is 0 Å². The minimum Gasteiger partial charge on any atom is -0.503 e. The van der Waals surface area contributed by atoms with Crippen molar-refractivity contribution in [2.24, 2.45) is 16.6 Å². The molecule has 0 saturated carbocycles. The molecule has 1 rings (SSSR count). The maximum absolute atomic E-state index is 11.3. The van der Waals surface area contributed by atoms with E-state index in [1.54, 1.807) is 13.1 Å². The molecule has 0 aromatic carbocycles. The first-order chi connectivity index (χ1) is 5.66. The van der Waals surface area contributed by atoms with Gasteiger partial charge in [-0.15, -0.1) is 24.8 Å². The number of rotatable bonds is 2. The molecule has 1 aliphatic rings. The Labute approximate surface area is 95.1 Å².